The summed E-state index contributed by atoms with van der Waals surface area (Å²) in [7, 11) is 1.84. The summed E-state index contributed by atoms with van der Waals surface area (Å²) in [6.45, 7) is 9.57. The van der Waals surface area contributed by atoms with Crippen molar-refractivity contribution in [1.29, 1.82) is 0 Å². The van der Waals surface area contributed by atoms with Gasteiger partial charge in [0, 0.05) is 10.7 Å². The number of nitrogens with two attached hydrogens (primary N) is 2. The van der Waals surface area contributed by atoms with Crippen LogP contribution in [-0.2, 0) is 15.5 Å². The maximum atomic E-state index is 11.8. The van der Waals surface area contributed by atoms with Crippen molar-refractivity contribution >= 4 is 19.7 Å². The van der Waals surface area contributed by atoms with Gasteiger partial charge in [-0.2, -0.15) is 0 Å². The number of ether oxygens (including phenoxy) is 1. The lowest BCUT2D eigenvalue weighted by Gasteiger charge is -2.35. The van der Waals surface area contributed by atoms with Gasteiger partial charge in [-0.15, -0.1) is 0 Å². The van der Waals surface area contributed by atoms with Gasteiger partial charge in [0.1, 0.15) is 11.4 Å². The van der Waals surface area contributed by atoms with Crippen LogP contribution in [0.3, 0.4) is 0 Å². The molecule has 1 aromatic carbocycles. The van der Waals surface area contributed by atoms with E-state index in [1.54, 1.807) is 6.92 Å². The molecule has 0 radical (unpaired) electrons. The Morgan fingerprint density at radius 3 is 2.10 bits per heavy atom. The quantitative estimate of drug-likeness (QED) is 0.467. The number of hydrogen-bond acceptors (Lipinski definition) is 5. The third kappa shape index (κ3) is 3.51. The first-order valence-corrected chi connectivity index (χ1v) is 8.95. The second-order valence-corrected chi connectivity index (χ2v) is 8.31. The summed E-state index contributed by atoms with van der Waals surface area (Å²) >= 11 is 0. The summed E-state index contributed by atoms with van der Waals surface area (Å²) < 4.78 is 29.6. The standard InChI is InChI=1S/C14H19ClO3S.H4N2/c1-8-9(2)13(19(15,16)17)10(3)11-6-7-14(4,5)18-12(8)11;1-2/h6-7H2,1-5H3;1-2H2. The van der Waals surface area contributed by atoms with Crippen molar-refractivity contribution in [2.24, 2.45) is 11.7 Å². The van der Waals surface area contributed by atoms with Crippen molar-refractivity contribution < 1.29 is 13.2 Å². The lowest BCUT2D eigenvalue weighted by Crippen LogP contribution is -2.33. The molecular weight excluding hydrogens is 312 g/mol. The largest absolute Gasteiger partial charge is 0.487 e. The van der Waals surface area contributed by atoms with Gasteiger partial charge in [-0.05, 0) is 69.7 Å². The molecule has 1 aromatic rings. The average Bonchev–Trinajstić information content (AvgIpc) is 2.36. The zero-order valence-corrected chi connectivity index (χ0v) is 14.7. The molecule has 0 bridgehead atoms. The minimum atomic E-state index is -3.73. The van der Waals surface area contributed by atoms with E-state index in [1.807, 2.05) is 27.7 Å². The number of hydrazine groups is 1. The van der Waals surface area contributed by atoms with Gasteiger partial charge in [0.2, 0.25) is 0 Å². The molecule has 0 amide bonds. The second-order valence-electron chi connectivity index (χ2n) is 5.81. The highest BCUT2D eigenvalue weighted by Crippen LogP contribution is 2.42. The van der Waals surface area contributed by atoms with Crippen LogP contribution >= 0.6 is 10.7 Å². The van der Waals surface area contributed by atoms with Crippen LogP contribution < -0.4 is 16.4 Å². The molecule has 1 aliphatic rings. The van der Waals surface area contributed by atoms with E-state index in [1.165, 1.54) is 0 Å². The van der Waals surface area contributed by atoms with Crippen molar-refractivity contribution in [2.75, 3.05) is 0 Å². The van der Waals surface area contributed by atoms with E-state index in [2.05, 4.69) is 11.7 Å². The molecule has 0 saturated heterocycles. The first kappa shape index (κ1) is 18.2. The Bertz CT molecular complexity index is 655. The molecule has 5 nitrogen and oxygen atoms in total. The van der Waals surface area contributed by atoms with Crippen LogP contribution in [0, 0.1) is 20.8 Å². The van der Waals surface area contributed by atoms with E-state index in [-0.39, 0.29) is 10.5 Å². The predicted octanol–water partition coefficient (Wildman–Crippen LogP) is 2.46. The Labute approximate surface area is 131 Å². The number of rotatable bonds is 1. The summed E-state index contributed by atoms with van der Waals surface area (Å²) in [6.07, 6.45) is 1.68. The van der Waals surface area contributed by atoms with Crippen LogP contribution in [0.5, 0.6) is 5.75 Å². The van der Waals surface area contributed by atoms with E-state index in [0.29, 0.717) is 5.56 Å². The Morgan fingerprint density at radius 2 is 1.62 bits per heavy atom. The smallest absolute Gasteiger partial charge is 0.261 e. The van der Waals surface area contributed by atoms with Gasteiger partial charge in [-0.3, -0.25) is 11.7 Å². The monoisotopic (exact) mass is 334 g/mol. The molecule has 0 fully saturated rings. The highest BCUT2D eigenvalue weighted by atomic mass is 35.7. The molecule has 0 saturated carbocycles. The predicted molar refractivity (Wildman–Crippen MR) is 85.1 cm³/mol. The average molecular weight is 335 g/mol. The lowest BCUT2D eigenvalue weighted by atomic mass is 9.88. The topological polar surface area (TPSA) is 95.4 Å². The Kier molecular flexibility index (Phi) is 5.31. The fraction of sp³-hybridized carbons (Fsp3) is 0.571. The summed E-state index contributed by atoms with van der Waals surface area (Å²) in [4.78, 5) is 0.244. The molecular formula is C14H23ClN2O3S. The zero-order chi connectivity index (χ0) is 16.6. The summed E-state index contributed by atoms with van der Waals surface area (Å²) in [5.74, 6) is 8.83. The minimum absolute atomic E-state index is 0.210. The third-order valence-electron chi connectivity index (χ3n) is 3.91. The molecule has 21 heavy (non-hydrogen) atoms. The summed E-state index contributed by atoms with van der Waals surface area (Å²) in [5.41, 5.74) is 3.04. The Balaban J connectivity index is 0.00000106. The molecule has 1 heterocycles. The van der Waals surface area contributed by atoms with E-state index in [9.17, 15) is 8.42 Å². The van der Waals surface area contributed by atoms with E-state index >= 15 is 0 Å². The van der Waals surface area contributed by atoms with Gasteiger partial charge in [0.05, 0.1) is 4.90 Å². The molecule has 2 rings (SSSR count). The molecule has 7 heteroatoms. The maximum Gasteiger partial charge on any atom is 0.261 e. The summed E-state index contributed by atoms with van der Waals surface area (Å²) in [5, 5.41) is 0. The SMILES string of the molecule is Cc1c(C)c(S(=O)(=O)Cl)c(C)c2c1OC(C)(C)CC2.NN. The van der Waals surface area contributed by atoms with Gasteiger partial charge in [-0.25, -0.2) is 8.42 Å². The van der Waals surface area contributed by atoms with Gasteiger partial charge in [0.25, 0.3) is 9.05 Å². The molecule has 0 atom stereocenters. The van der Waals surface area contributed by atoms with E-state index in [0.717, 1.165) is 35.3 Å². The van der Waals surface area contributed by atoms with Crippen LogP contribution in [-0.4, -0.2) is 14.0 Å². The Morgan fingerprint density at radius 1 is 1.10 bits per heavy atom. The van der Waals surface area contributed by atoms with Crippen molar-refractivity contribution in [3.63, 3.8) is 0 Å². The third-order valence-corrected chi connectivity index (χ3v) is 5.47. The van der Waals surface area contributed by atoms with Crippen LogP contribution in [0.2, 0.25) is 0 Å². The molecule has 120 valence electrons. The van der Waals surface area contributed by atoms with E-state index in [4.69, 9.17) is 15.4 Å². The first-order valence-electron chi connectivity index (χ1n) is 6.64. The van der Waals surface area contributed by atoms with Crippen LogP contribution in [0.1, 0.15) is 42.5 Å². The van der Waals surface area contributed by atoms with Crippen molar-refractivity contribution in [2.45, 2.75) is 58.0 Å². The van der Waals surface area contributed by atoms with Gasteiger partial charge < -0.3 is 4.74 Å². The van der Waals surface area contributed by atoms with Crippen LogP contribution in [0.25, 0.3) is 0 Å². The summed E-state index contributed by atoms with van der Waals surface area (Å²) in [6, 6.07) is 0. The fourth-order valence-corrected chi connectivity index (χ4v) is 4.42. The van der Waals surface area contributed by atoms with Crippen molar-refractivity contribution in [1.82, 2.24) is 0 Å². The fourth-order valence-electron chi connectivity index (χ4n) is 2.71. The molecule has 0 aliphatic carbocycles. The van der Waals surface area contributed by atoms with Crippen molar-refractivity contribution in [3.05, 3.63) is 22.3 Å². The molecule has 0 unspecified atom stereocenters. The second kappa shape index (κ2) is 6.12. The van der Waals surface area contributed by atoms with Gasteiger partial charge in [-0.1, -0.05) is 0 Å². The number of halogens is 1. The molecule has 0 aromatic heterocycles. The number of fused-ring (bicyclic) bond motifs is 1. The van der Waals surface area contributed by atoms with Gasteiger partial charge in [0.15, 0.2) is 0 Å². The molecule has 4 N–H and O–H groups in total. The highest BCUT2D eigenvalue weighted by molar-refractivity contribution is 8.13. The molecule has 0 spiro atoms. The maximum absolute atomic E-state index is 11.8. The zero-order valence-electron chi connectivity index (χ0n) is 13.1. The number of benzene rings is 1. The van der Waals surface area contributed by atoms with Gasteiger partial charge >= 0.3 is 0 Å². The lowest BCUT2D eigenvalue weighted by molar-refractivity contribution is 0.0832. The number of hydrogen-bond donors (Lipinski definition) is 2. The van der Waals surface area contributed by atoms with Crippen molar-refractivity contribution in [3.8, 4) is 5.75 Å². The Hall–Kier alpha value is -0.820. The van der Waals surface area contributed by atoms with Crippen LogP contribution in [0.4, 0.5) is 0 Å². The molecule has 1 aliphatic heterocycles. The van der Waals surface area contributed by atoms with Crippen LogP contribution in [0.15, 0.2) is 4.90 Å². The minimum Gasteiger partial charge on any atom is -0.487 e. The van der Waals surface area contributed by atoms with E-state index < -0.39 is 9.05 Å². The highest BCUT2D eigenvalue weighted by Gasteiger charge is 2.32. The first-order chi connectivity index (χ1) is 9.54. The normalized spacial score (nSPS) is 16.4.